The summed E-state index contributed by atoms with van der Waals surface area (Å²) in [6.45, 7) is 3.20. The third-order valence-electron chi connectivity index (χ3n) is 3.87. The van der Waals surface area contributed by atoms with Gasteiger partial charge in [-0.15, -0.1) is 11.3 Å². The number of aromatic nitrogens is 1. The first-order chi connectivity index (χ1) is 10.6. The van der Waals surface area contributed by atoms with E-state index in [1.54, 1.807) is 11.3 Å². The number of thiazole rings is 1. The summed E-state index contributed by atoms with van der Waals surface area (Å²) in [6.07, 6.45) is 0. The molecular formula is C15H18N4O2S. The first kappa shape index (κ1) is 14.9. The number of carbonyl (C=O) groups is 2. The van der Waals surface area contributed by atoms with Crippen molar-refractivity contribution in [1.29, 1.82) is 0 Å². The molecule has 2 heterocycles. The Hall–Kier alpha value is -1.99. The van der Waals surface area contributed by atoms with E-state index in [9.17, 15) is 9.59 Å². The molecule has 1 aliphatic rings. The summed E-state index contributed by atoms with van der Waals surface area (Å²) in [5, 5.41) is 3.61. The maximum absolute atomic E-state index is 12.2. The lowest BCUT2D eigenvalue weighted by Gasteiger charge is -2.24. The molecule has 2 aromatic rings. The van der Waals surface area contributed by atoms with Gasteiger partial charge in [-0.2, -0.15) is 0 Å². The molecule has 1 aromatic heterocycles. The van der Waals surface area contributed by atoms with Crippen LogP contribution in [0.4, 0.5) is 4.79 Å². The van der Waals surface area contributed by atoms with Gasteiger partial charge in [0.1, 0.15) is 5.01 Å². The van der Waals surface area contributed by atoms with E-state index in [1.165, 1.54) is 4.90 Å². The maximum Gasteiger partial charge on any atom is 0.324 e. The SMILES string of the molecule is C[C@@H](c1nc2ccccc2s1)N(C)CC(=O)N1CCNC1=O. The quantitative estimate of drug-likeness (QED) is 0.934. The minimum absolute atomic E-state index is 0.0204. The van der Waals surface area contributed by atoms with Crippen LogP contribution in [0.25, 0.3) is 10.2 Å². The van der Waals surface area contributed by atoms with E-state index < -0.39 is 0 Å². The number of carbonyl (C=O) groups excluding carboxylic acids is 2. The summed E-state index contributed by atoms with van der Waals surface area (Å²) in [5.41, 5.74) is 0.980. The zero-order chi connectivity index (χ0) is 15.7. The molecule has 0 aliphatic carbocycles. The van der Waals surface area contributed by atoms with Crippen molar-refractivity contribution in [3.05, 3.63) is 29.3 Å². The highest BCUT2D eigenvalue weighted by molar-refractivity contribution is 7.18. The summed E-state index contributed by atoms with van der Waals surface area (Å²) >= 11 is 1.64. The van der Waals surface area contributed by atoms with E-state index in [4.69, 9.17) is 0 Å². The number of nitrogens with zero attached hydrogens (tertiary/aromatic N) is 3. The van der Waals surface area contributed by atoms with Crippen LogP contribution in [0, 0.1) is 0 Å². The standard InChI is InChI=1S/C15H18N4O2S/c1-10(14-17-11-5-3-4-6-12(11)22-14)18(2)9-13(20)19-8-7-16-15(19)21/h3-6,10H,7-9H2,1-2H3,(H,16,21)/t10-/m0/s1. The third-order valence-corrected chi connectivity index (χ3v) is 5.08. The van der Waals surface area contributed by atoms with E-state index in [-0.39, 0.29) is 24.5 Å². The van der Waals surface area contributed by atoms with Gasteiger partial charge in [-0.1, -0.05) is 12.1 Å². The zero-order valence-electron chi connectivity index (χ0n) is 12.6. The van der Waals surface area contributed by atoms with Gasteiger partial charge in [0.15, 0.2) is 0 Å². The molecule has 1 N–H and O–H groups in total. The van der Waals surface area contributed by atoms with Gasteiger partial charge in [-0.25, -0.2) is 9.78 Å². The Bertz CT molecular complexity index is 681. The second-order valence-electron chi connectivity index (χ2n) is 5.39. The van der Waals surface area contributed by atoms with Crippen LogP contribution in [0.5, 0.6) is 0 Å². The summed E-state index contributed by atoms with van der Waals surface area (Å²) in [7, 11) is 1.88. The Kier molecular flexibility index (Phi) is 4.08. The van der Waals surface area contributed by atoms with E-state index in [0.29, 0.717) is 13.1 Å². The van der Waals surface area contributed by atoms with Gasteiger partial charge in [-0.3, -0.25) is 14.6 Å². The van der Waals surface area contributed by atoms with Crippen LogP contribution >= 0.6 is 11.3 Å². The summed E-state index contributed by atoms with van der Waals surface area (Å²) in [5.74, 6) is -0.175. The average molecular weight is 318 g/mol. The number of nitrogens with one attached hydrogen (secondary N) is 1. The lowest BCUT2D eigenvalue weighted by molar-refractivity contribution is -0.128. The molecule has 1 saturated heterocycles. The number of benzene rings is 1. The molecule has 116 valence electrons. The van der Waals surface area contributed by atoms with Crippen molar-refractivity contribution in [2.45, 2.75) is 13.0 Å². The molecule has 0 bridgehead atoms. The molecule has 6 nitrogen and oxygen atoms in total. The number of amides is 3. The van der Waals surface area contributed by atoms with Crippen LogP contribution in [0.2, 0.25) is 0 Å². The van der Waals surface area contributed by atoms with Crippen LogP contribution in [-0.4, -0.2) is 53.4 Å². The minimum Gasteiger partial charge on any atom is -0.336 e. The predicted octanol–water partition coefficient (Wildman–Crippen LogP) is 1.84. The van der Waals surface area contributed by atoms with Gasteiger partial charge in [0.25, 0.3) is 0 Å². The Morgan fingerprint density at radius 1 is 1.50 bits per heavy atom. The molecule has 3 rings (SSSR count). The normalized spacial score (nSPS) is 16.3. The van der Waals surface area contributed by atoms with Gasteiger partial charge in [-0.05, 0) is 26.1 Å². The molecule has 7 heteroatoms. The minimum atomic E-state index is -0.300. The van der Waals surface area contributed by atoms with Crippen LogP contribution < -0.4 is 5.32 Å². The summed E-state index contributed by atoms with van der Waals surface area (Å²) in [6, 6.07) is 7.72. The van der Waals surface area contributed by atoms with Crippen molar-refractivity contribution in [1.82, 2.24) is 20.1 Å². The van der Waals surface area contributed by atoms with Crippen LogP contribution in [0.1, 0.15) is 18.0 Å². The molecule has 0 unspecified atom stereocenters. The second kappa shape index (κ2) is 6.02. The molecule has 0 spiro atoms. The monoisotopic (exact) mass is 318 g/mol. The Balaban J connectivity index is 1.69. The van der Waals surface area contributed by atoms with Crippen molar-refractivity contribution in [2.24, 2.45) is 0 Å². The number of hydrogen-bond donors (Lipinski definition) is 1. The molecule has 22 heavy (non-hydrogen) atoms. The van der Waals surface area contributed by atoms with E-state index >= 15 is 0 Å². The van der Waals surface area contributed by atoms with Gasteiger partial charge in [0, 0.05) is 13.1 Å². The Morgan fingerprint density at radius 3 is 2.95 bits per heavy atom. The number of likely N-dealkylation sites (N-methyl/N-ethyl adjacent to an activating group) is 1. The number of rotatable bonds is 4. The fraction of sp³-hybridized carbons (Fsp3) is 0.400. The Morgan fingerprint density at radius 2 is 2.27 bits per heavy atom. The van der Waals surface area contributed by atoms with Crippen LogP contribution in [0.15, 0.2) is 24.3 Å². The molecule has 1 fully saturated rings. The highest BCUT2D eigenvalue weighted by atomic mass is 32.1. The maximum atomic E-state index is 12.2. The fourth-order valence-electron chi connectivity index (χ4n) is 2.40. The first-order valence-electron chi connectivity index (χ1n) is 7.20. The molecule has 3 amide bonds. The predicted molar refractivity (Wildman–Crippen MR) is 85.8 cm³/mol. The van der Waals surface area contributed by atoms with Crippen LogP contribution in [-0.2, 0) is 4.79 Å². The Labute approximate surface area is 132 Å². The number of para-hydroxylation sites is 1. The second-order valence-corrected chi connectivity index (χ2v) is 6.45. The van der Waals surface area contributed by atoms with Crippen molar-refractivity contribution >= 4 is 33.5 Å². The average Bonchev–Trinajstić information content (AvgIpc) is 3.11. The number of hydrogen-bond acceptors (Lipinski definition) is 5. The third kappa shape index (κ3) is 2.82. The smallest absolute Gasteiger partial charge is 0.324 e. The summed E-state index contributed by atoms with van der Waals surface area (Å²) in [4.78, 5) is 31.5. The van der Waals surface area contributed by atoms with E-state index in [0.717, 1.165) is 15.2 Å². The van der Waals surface area contributed by atoms with Crippen molar-refractivity contribution < 1.29 is 9.59 Å². The van der Waals surface area contributed by atoms with Crippen molar-refractivity contribution in [2.75, 3.05) is 26.7 Å². The highest BCUT2D eigenvalue weighted by Gasteiger charge is 2.28. The largest absolute Gasteiger partial charge is 0.336 e. The summed E-state index contributed by atoms with van der Waals surface area (Å²) < 4.78 is 1.14. The van der Waals surface area contributed by atoms with Gasteiger partial charge in [0.05, 0.1) is 22.8 Å². The molecular weight excluding hydrogens is 300 g/mol. The molecule has 0 radical (unpaired) electrons. The van der Waals surface area contributed by atoms with E-state index in [1.807, 2.05) is 43.1 Å². The highest BCUT2D eigenvalue weighted by Crippen LogP contribution is 2.28. The lowest BCUT2D eigenvalue weighted by atomic mass is 10.3. The van der Waals surface area contributed by atoms with Crippen molar-refractivity contribution in [3.8, 4) is 0 Å². The number of urea groups is 1. The van der Waals surface area contributed by atoms with Crippen molar-refractivity contribution in [3.63, 3.8) is 0 Å². The lowest BCUT2D eigenvalue weighted by Crippen LogP contribution is -2.41. The molecule has 1 aliphatic heterocycles. The molecule has 1 aromatic carbocycles. The molecule has 0 saturated carbocycles. The van der Waals surface area contributed by atoms with Crippen LogP contribution in [0.3, 0.4) is 0 Å². The zero-order valence-corrected chi connectivity index (χ0v) is 13.4. The van der Waals surface area contributed by atoms with E-state index in [2.05, 4.69) is 10.3 Å². The fourth-order valence-corrected chi connectivity index (χ4v) is 3.49. The van der Waals surface area contributed by atoms with Gasteiger partial charge < -0.3 is 5.32 Å². The number of imide groups is 1. The topological polar surface area (TPSA) is 65.5 Å². The first-order valence-corrected chi connectivity index (χ1v) is 8.02. The van der Waals surface area contributed by atoms with Gasteiger partial charge in [0.2, 0.25) is 5.91 Å². The molecule has 1 atom stereocenters. The number of fused-ring (bicyclic) bond motifs is 1. The van der Waals surface area contributed by atoms with Gasteiger partial charge >= 0.3 is 6.03 Å².